The first-order valence-electron chi connectivity index (χ1n) is 7.46. The van der Waals surface area contributed by atoms with Crippen molar-refractivity contribution in [2.75, 3.05) is 6.54 Å². The summed E-state index contributed by atoms with van der Waals surface area (Å²) in [5.74, 6) is 0.0820. The Morgan fingerprint density at radius 3 is 2.82 bits per heavy atom. The third-order valence-corrected chi connectivity index (χ3v) is 5.02. The highest BCUT2D eigenvalue weighted by atomic mass is 32.2. The Hall–Kier alpha value is -1.89. The molecule has 3 rings (SSSR count). The number of aryl methyl sites for hydroxylation is 2. The molecule has 116 valence electrons. The van der Waals surface area contributed by atoms with Crippen LogP contribution in [0, 0.1) is 13.8 Å². The van der Waals surface area contributed by atoms with E-state index in [1.165, 1.54) is 11.8 Å². The first-order chi connectivity index (χ1) is 10.7. The molecule has 0 aliphatic carbocycles. The lowest BCUT2D eigenvalue weighted by Gasteiger charge is -2.14. The number of aromatic nitrogens is 4. The summed E-state index contributed by atoms with van der Waals surface area (Å²) in [5, 5.41) is 15.5. The first-order valence-corrected chi connectivity index (χ1v) is 8.34. The Balaban J connectivity index is 1.91. The predicted octanol–water partition coefficient (Wildman–Crippen LogP) is 2.04. The van der Waals surface area contributed by atoms with Crippen molar-refractivity contribution >= 4 is 17.7 Å². The quantitative estimate of drug-likeness (QED) is 0.938. The van der Waals surface area contributed by atoms with Crippen LogP contribution in [0.3, 0.4) is 0 Å². The molecule has 1 fully saturated rings. The van der Waals surface area contributed by atoms with Crippen molar-refractivity contribution in [2.45, 2.75) is 43.5 Å². The van der Waals surface area contributed by atoms with Gasteiger partial charge in [0, 0.05) is 6.54 Å². The van der Waals surface area contributed by atoms with E-state index in [2.05, 4.69) is 20.8 Å². The minimum absolute atomic E-state index is 0.0820. The van der Waals surface area contributed by atoms with E-state index in [4.69, 9.17) is 0 Å². The summed E-state index contributed by atoms with van der Waals surface area (Å²) in [5.41, 5.74) is 3.21. The van der Waals surface area contributed by atoms with Crippen molar-refractivity contribution < 1.29 is 4.79 Å². The van der Waals surface area contributed by atoms with Crippen LogP contribution in [0.25, 0.3) is 5.69 Å². The second-order valence-corrected chi connectivity index (χ2v) is 6.68. The number of para-hydroxylation sites is 1. The van der Waals surface area contributed by atoms with Gasteiger partial charge in [0.05, 0.1) is 10.9 Å². The molecule has 1 aromatic heterocycles. The van der Waals surface area contributed by atoms with Crippen LogP contribution in [0.15, 0.2) is 23.4 Å². The second-order valence-electron chi connectivity index (χ2n) is 5.51. The normalized spacial score (nSPS) is 18.8. The van der Waals surface area contributed by atoms with Gasteiger partial charge in [0.2, 0.25) is 11.1 Å². The lowest BCUT2D eigenvalue weighted by molar-refractivity contribution is -0.120. The Kier molecular flexibility index (Phi) is 4.42. The lowest BCUT2D eigenvalue weighted by Crippen LogP contribution is -2.30. The molecule has 2 heterocycles. The summed E-state index contributed by atoms with van der Waals surface area (Å²) in [4.78, 5) is 12.1. The van der Waals surface area contributed by atoms with Crippen LogP contribution in [0.4, 0.5) is 0 Å². The molecule has 6 nitrogen and oxygen atoms in total. The number of rotatable bonds is 3. The highest BCUT2D eigenvalue weighted by molar-refractivity contribution is 8.00. The van der Waals surface area contributed by atoms with Gasteiger partial charge in [-0.25, -0.2) is 0 Å². The van der Waals surface area contributed by atoms with Gasteiger partial charge in [0.1, 0.15) is 0 Å². The molecule has 1 saturated heterocycles. The van der Waals surface area contributed by atoms with Gasteiger partial charge in [0.25, 0.3) is 0 Å². The number of nitrogens with one attached hydrogen (secondary N) is 1. The minimum atomic E-state index is -0.128. The summed E-state index contributed by atoms with van der Waals surface area (Å²) in [6.07, 6.45) is 2.93. The summed E-state index contributed by atoms with van der Waals surface area (Å²) >= 11 is 1.45. The zero-order valence-corrected chi connectivity index (χ0v) is 13.6. The van der Waals surface area contributed by atoms with Gasteiger partial charge in [-0.1, -0.05) is 36.4 Å². The van der Waals surface area contributed by atoms with Crippen LogP contribution in [0.2, 0.25) is 0 Å². The van der Waals surface area contributed by atoms with Crippen molar-refractivity contribution in [1.82, 2.24) is 25.5 Å². The predicted molar refractivity (Wildman–Crippen MR) is 85.1 cm³/mol. The Labute approximate surface area is 133 Å². The van der Waals surface area contributed by atoms with Gasteiger partial charge in [-0.15, -0.1) is 5.10 Å². The highest BCUT2D eigenvalue weighted by Gasteiger charge is 2.25. The van der Waals surface area contributed by atoms with Gasteiger partial charge >= 0.3 is 0 Å². The first kappa shape index (κ1) is 15.0. The van der Waals surface area contributed by atoms with E-state index in [9.17, 15) is 4.79 Å². The molecule has 1 aliphatic heterocycles. The van der Waals surface area contributed by atoms with E-state index in [1.807, 2.05) is 32.0 Å². The molecule has 22 heavy (non-hydrogen) atoms. The number of tetrazole rings is 1. The van der Waals surface area contributed by atoms with Crippen molar-refractivity contribution in [3.05, 3.63) is 29.3 Å². The van der Waals surface area contributed by atoms with E-state index in [1.54, 1.807) is 4.68 Å². The second kappa shape index (κ2) is 6.48. The fourth-order valence-corrected chi connectivity index (χ4v) is 3.72. The molecular weight excluding hydrogens is 298 g/mol. The molecule has 1 N–H and O–H groups in total. The summed E-state index contributed by atoms with van der Waals surface area (Å²) < 4.78 is 1.74. The molecule has 0 spiro atoms. The van der Waals surface area contributed by atoms with Crippen molar-refractivity contribution in [1.29, 1.82) is 0 Å². The van der Waals surface area contributed by atoms with Gasteiger partial charge in [-0.3, -0.25) is 4.79 Å². The van der Waals surface area contributed by atoms with E-state index in [0.29, 0.717) is 5.16 Å². The van der Waals surface area contributed by atoms with Crippen molar-refractivity contribution in [2.24, 2.45) is 0 Å². The van der Waals surface area contributed by atoms with Crippen LogP contribution in [0.1, 0.15) is 30.4 Å². The zero-order chi connectivity index (χ0) is 15.5. The van der Waals surface area contributed by atoms with Crippen LogP contribution < -0.4 is 5.32 Å². The SMILES string of the molecule is Cc1cccc(C)c1-n1nnnc1SC1CCCCNC1=O. The van der Waals surface area contributed by atoms with Crippen LogP contribution >= 0.6 is 11.8 Å². The molecule has 0 bridgehead atoms. The molecule has 1 aromatic carbocycles. The molecule has 0 radical (unpaired) electrons. The summed E-state index contributed by atoms with van der Waals surface area (Å²) in [6.45, 7) is 4.84. The largest absolute Gasteiger partial charge is 0.355 e. The summed E-state index contributed by atoms with van der Waals surface area (Å²) in [7, 11) is 0. The summed E-state index contributed by atoms with van der Waals surface area (Å²) in [6, 6.07) is 6.09. The standard InChI is InChI=1S/C15H19N5OS/c1-10-6-5-7-11(2)13(10)20-15(17-18-19-20)22-12-8-3-4-9-16-14(12)21/h5-7,12H,3-4,8-9H2,1-2H3,(H,16,21). The maximum atomic E-state index is 12.1. The average Bonchev–Trinajstić information content (AvgIpc) is 2.83. The minimum Gasteiger partial charge on any atom is -0.355 e. The number of carbonyl (C=O) groups is 1. The van der Waals surface area contributed by atoms with Gasteiger partial charge in [-0.05, 0) is 48.2 Å². The maximum Gasteiger partial charge on any atom is 0.233 e. The van der Waals surface area contributed by atoms with E-state index < -0.39 is 0 Å². The molecule has 2 aromatic rings. The lowest BCUT2D eigenvalue weighted by atomic mass is 10.1. The van der Waals surface area contributed by atoms with Crippen molar-refractivity contribution in [3.63, 3.8) is 0 Å². The highest BCUT2D eigenvalue weighted by Crippen LogP contribution is 2.29. The number of amides is 1. The molecular formula is C15H19N5OS. The van der Waals surface area contributed by atoms with Crippen LogP contribution in [-0.4, -0.2) is 37.9 Å². The molecule has 1 aliphatic rings. The fraction of sp³-hybridized carbons (Fsp3) is 0.467. The van der Waals surface area contributed by atoms with Crippen LogP contribution in [-0.2, 0) is 4.79 Å². The number of carbonyl (C=O) groups excluding carboxylic acids is 1. The third kappa shape index (κ3) is 2.99. The Bertz CT molecular complexity index is 664. The molecule has 1 atom stereocenters. The smallest absolute Gasteiger partial charge is 0.233 e. The Morgan fingerprint density at radius 2 is 2.05 bits per heavy atom. The molecule has 1 amide bonds. The topological polar surface area (TPSA) is 72.7 Å². The zero-order valence-electron chi connectivity index (χ0n) is 12.7. The molecule has 1 unspecified atom stereocenters. The van der Waals surface area contributed by atoms with Gasteiger partial charge in [-0.2, -0.15) is 4.68 Å². The molecule has 0 saturated carbocycles. The third-order valence-electron chi connectivity index (χ3n) is 3.82. The maximum absolute atomic E-state index is 12.1. The fourth-order valence-electron chi connectivity index (χ4n) is 2.68. The van der Waals surface area contributed by atoms with E-state index >= 15 is 0 Å². The monoisotopic (exact) mass is 317 g/mol. The number of hydrogen-bond acceptors (Lipinski definition) is 5. The van der Waals surface area contributed by atoms with E-state index in [0.717, 1.165) is 42.6 Å². The number of thioether (sulfide) groups is 1. The van der Waals surface area contributed by atoms with E-state index in [-0.39, 0.29) is 11.2 Å². The van der Waals surface area contributed by atoms with Crippen LogP contribution in [0.5, 0.6) is 0 Å². The Morgan fingerprint density at radius 1 is 1.27 bits per heavy atom. The van der Waals surface area contributed by atoms with Gasteiger partial charge in [0.15, 0.2) is 0 Å². The van der Waals surface area contributed by atoms with Crippen molar-refractivity contribution in [3.8, 4) is 5.69 Å². The number of benzene rings is 1. The molecule has 7 heteroatoms. The number of nitrogens with zero attached hydrogens (tertiary/aromatic N) is 4. The van der Waals surface area contributed by atoms with Gasteiger partial charge < -0.3 is 5.32 Å². The average molecular weight is 317 g/mol. The number of hydrogen-bond donors (Lipinski definition) is 1.